The van der Waals surface area contributed by atoms with Crippen LogP contribution in [-0.2, 0) is 0 Å². The van der Waals surface area contributed by atoms with E-state index in [0.29, 0.717) is 18.3 Å². The highest BCUT2D eigenvalue weighted by Gasteiger charge is 2.25. The van der Waals surface area contributed by atoms with E-state index in [1.165, 1.54) is 0 Å². The minimum atomic E-state index is -1.22. The third kappa shape index (κ3) is 4.89. The molecule has 0 unspecified atom stereocenters. The van der Waals surface area contributed by atoms with Gasteiger partial charge in [0.15, 0.2) is 5.82 Å². The minimum Gasteiger partial charge on any atom is -0.309 e. The molecule has 0 spiro atoms. The molecule has 5 heterocycles. The molecule has 0 atom stereocenters. The van der Waals surface area contributed by atoms with E-state index in [2.05, 4.69) is 0 Å². The Morgan fingerprint density at radius 3 is 1.02 bits per heavy atom. The molecule has 298 valence electrons. The first-order chi connectivity index (χ1) is 46.3. The summed E-state index contributed by atoms with van der Waals surface area (Å²) < 4.78 is 326. The molecule has 0 aliphatic heterocycles. The Balaban J connectivity index is 1.36. The summed E-state index contributed by atoms with van der Waals surface area (Å²) in [5.74, 6) is -3.35. The van der Waals surface area contributed by atoms with Gasteiger partial charge >= 0.3 is 0 Å². The normalized spacial score (nSPS) is 19.7. The van der Waals surface area contributed by atoms with Gasteiger partial charge in [-0.2, -0.15) is 15.0 Å². The van der Waals surface area contributed by atoms with Gasteiger partial charge in [-0.25, -0.2) is 0 Å². The quantitative estimate of drug-likeness (QED) is 0.173. The fourth-order valence-corrected chi connectivity index (χ4v) is 8.06. The van der Waals surface area contributed by atoms with E-state index in [-0.39, 0.29) is 0 Å². The van der Waals surface area contributed by atoms with Crippen LogP contribution in [0.5, 0.6) is 0 Å². The Bertz CT molecular complexity index is 5860. The molecule has 9 aromatic carbocycles. The monoisotopic (exact) mass is 853 g/mol. The molecule has 64 heavy (non-hydrogen) atoms. The third-order valence-corrected chi connectivity index (χ3v) is 10.6. The molecule has 5 aromatic heterocycles. The van der Waals surface area contributed by atoms with Crippen LogP contribution < -0.4 is 0 Å². The van der Waals surface area contributed by atoms with E-state index in [1.54, 1.807) is 0 Å². The summed E-state index contributed by atoms with van der Waals surface area (Å²) in [5.41, 5.74) is -9.41. The Hall–Kier alpha value is -8.81. The second-order valence-corrected chi connectivity index (χ2v) is 13.8. The van der Waals surface area contributed by atoms with Gasteiger partial charge in [-0.3, -0.25) is 9.13 Å². The molecular formula is C57H35N7. The topological polar surface area (TPSA) is 58.4 Å². The first kappa shape index (κ1) is 15.2. The molecule has 14 aromatic rings. The zero-order valence-corrected chi connectivity index (χ0v) is 31.6. The van der Waals surface area contributed by atoms with Crippen LogP contribution >= 0.6 is 0 Å². The van der Waals surface area contributed by atoms with Gasteiger partial charge in [-0.15, -0.1) is 0 Å². The van der Waals surface area contributed by atoms with Crippen LogP contribution in [0, 0.1) is 0 Å². The predicted molar refractivity (Wildman–Crippen MR) is 263 cm³/mol. The average Bonchev–Trinajstić information content (AvgIpc) is 1.54. The fourth-order valence-electron chi connectivity index (χ4n) is 8.06. The van der Waals surface area contributed by atoms with Gasteiger partial charge in [0.1, 0.15) is 0 Å². The van der Waals surface area contributed by atoms with Gasteiger partial charge in [0.2, 0.25) is 11.9 Å². The van der Waals surface area contributed by atoms with Crippen molar-refractivity contribution in [2.75, 3.05) is 0 Å². The molecule has 7 nitrogen and oxygen atoms in total. The van der Waals surface area contributed by atoms with Crippen LogP contribution in [0.15, 0.2) is 211 Å². The minimum absolute atomic E-state index is 0.619. The van der Waals surface area contributed by atoms with Gasteiger partial charge in [-0.05, 0) is 66.5 Å². The number of benzene rings is 9. The maximum atomic E-state index is 10.9. The van der Waals surface area contributed by atoms with Gasteiger partial charge in [0.25, 0.3) is 0 Å². The second-order valence-electron chi connectivity index (χ2n) is 13.8. The van der Waals surface area contributed by atoms with Gasteiger partial charge in [0.05, 0.1) is 97.8 Å². The van der Waals surface area contributed by atoms with Crippen molar-refractivity contribution in [3.8, 4) is 34.7 Å². The van der Waals surface area contributed by atoms with E-state index in [9.17, 15) is 24.7 Å². The second kappa shape index (κ2) is 13.3. The van der Waals surface area contributed by atoms with Crippen molar-refractivity contribution in [3.63, 3.8) is 0 Å². The molecule has 0 saturated heterocycles. The van der Waals surface area contributed by atoms with Gasteiger partial charge < -0.3 is 9.13 Å². The first-order valence-corrected chi connectivity index (χ1v) is 18.8. The molecule has 0 amide bonds. The lowest BCUT2D eigenvalue weighted by Gasteiger charge is -2.17. The molecular weight excluding hydrogens is 783 g/mol. The van der Waals surface area contributed by atoms with Crippen LogP contribution in [0.1, 0.15) is 48.0 Å². The third-order valence-electron chi connectivity index (χ3n) is 10.6. The summed E-state index contributed by atoms with van der Waals surface area (Å²) in [6, 6.07) is -35.4. The predicted octanol–water partition coefficient (Wildman–Crippen LogP) is 13.9. The Morgan fingerprint density at radius 1 is 0.281 bits per heavy atom. The number of aromatic nitrogens is 7. The standard InChI is InChI=1S/C57H35N7/c1-2-18-36(19-3-1)61-46-27-11-10-26-43(46)44-34-45(54(35-53(44)61)62-47-28-12-4-20-37(47)38-21-5-13-29-48(38)62)55-58-56(63-49-30-14-6-22-39(49)40-23-7-15-31-50(40)63)60-57(59-55)64-51-32-16-8-24-41(51)42-25-9-17-33-52(42)64/h1-35H/i1D,2D,3D,4D,5D,6D,7D,8D,9D,10D,11D,12D,13D,14D,15D,16D,17D,18D,19D,20D,21D,22D,23D,24D,25D,26D,27D,28D,29D,30D,31D,32D,33D,34D,35D. The number of nitrogens with zero attached hydrogens (tertiary/aromatic N) is 7. The number of hydrogen-bond donors (Lipinski definition) is 0. The van der Waals surface area contributed by atoms with E-state index in [4.69, 9.17) is 38.3 Å². The summed E-state index contributed by atoms with van der Waals surface area (Å²) in [6.07, 6.45) is 0. The van der Waals surface area contributed by atoms with Crippen molar-refractivity contribution < 1.29 is 48.0 Å². The summed E-state index contributed by atoms with van der Waals surface area (Å²) in [6.45, 7) is 0. The number of para-hydroxylation sites is 8. The van der Waals surface area contributed by atoms with Crippen molar-refractivity contribution >= 4 is 87.2 Å². The summed E-state index contributed by atoms with van der Waals surface area (Å²) in [5, 5.41) is -5.45. The molecule has 14 rings (SSSR count). The molecule has 0 aliphatic rings. The summed E-state index contributed by atoms with van der Waals surface area (Å²) in [4.78, 5) is 14.3. The van der Waals surface area contributed by atoms with Crippen molar-refractivity contribution in [1.29, 1.82) is 0 Å². The SMILES string of the molecule is [2H]c1c([2H])c([2H])c(-n2c3c([2H])c([2H])c([2H])c([2H])c3c3c([2H])c(-c4nc(-n5c6c([2H])c([2H])c([2H])c([2H])c6c6c([2H])c([2H])c([2H])c([2H])c65)nc(-n5c6c([2H])c([2H])c([2H])c([2H])c6c6c([2H])c([2H])c([2H])c([2H])c65)n4)c(-n4c5c([2H])c([2H])c([2H])c([2H])c5c5c([2H])c([2H])c([2H])c([2H])c54)c([2H])c32)c([2H])c1[2H]. The van der Waals surface area contributed by atoms with Gasteiger partial charge in [-0.1, -0.05) is 145 Å². The fraction of sp³-hybridized carbons (Fsp3) is 0. The molecule has 0 radical (unpaired) electrons. The number of fused-ring (bicyclic) bond motifs is 12. The molecule has 0 saturated carbocycles. The lowest BCUT2D eigenvalue weighted by Crippen LogP contribution is -2.11. The Morgan fingerprint density at radius 2 is 0.609 bits per heavy atom. The molecule has 0 bridgehead atoms. The maximum Gasteiger partial charge on any atom is 0.240 e. The van der Waals surface area contributed by atoms with Crippen LogP contribution in [-0.4, -0.2) is 33.2 Å². The van der Waals surface area contributed by atoms with Crippen molar-refractivity contribution in [2.24, 2.45) is 0 Å². The van der Waals surface area contributed by atoms with Crippen LogP contribution in [0.25, 0.3) is 122 Å². The summed E-state index contributed by atoms with van der Waals surface area (Å²) in [7, 11) is 0. The summed E-state index contributed by atoms with van der Waals surface area (Å²) >= 11 is 0. The lowest BCUT2D eigenvalue weighted by atomic mass is 10.1. The highest BCUT2D eigenvalue weighted by atomic mass is 15.3. The van der Waals surface area contributed by atoms with Crippen LogP contribution in [0.3, 0.4) is 0 Å². The van der Waals surface area contributed by atoms with Crippen LogP contribution in [0.2, 0.25) is 0 Å². The molecule has 7 heteroatoms. The van der Waals surface area contributed by atoms with Crippen LogP contribution in [0.4, 0.5) is 0 Å². The molecule has 0 N–H and O–H groups in total. The smallest absolute Gasteiger partial charge is 0.240 e. The van der Waals surface area contributed by atoms with E-state index < -0.39 is 333 Å². The van der Waals surface area contributed by atoms with Crippen molar-refractivity contribution in [2.45, 2.75) is 0 Å². The Labute approximate surface area is 415 Å². The highest BCUT2D eigenvalue weighted by Crippen LogP contribution is 2.42. The zero-order chi connectivity index (χ0) is 72.3. The van der Waals surface area contributed by atoms with E-state index in [1.807, 2.05) is 0 Å². The van der Waals surface area contributed by atoms with Crippen molar-refractivity contribution in [1.82, 2.24) is 33.2 Å². The van der Waals surface area contributed by atoms with E-state index >= 15 is 0 Å². The van der Waals surface area contributed by atoms with E-state index in [0.717, 1.165) is 0 Å². The van der Waals surface area contributed by atoms with Crippen molar-refractivity contribution in [3.05, 3.63) is 211 Å². The molecule has 0 aliphatic carbocycles. The average molecular weight is 853 g/mol. The zero-order valence-electron chi connectivity index (χ0n) is 66.6. The highest BCUT2D eigenvalue weighted by molar-refractivity contribution is 6.14. The maximum absolute atomic E-state index is 10.9. The number of hydrogen-bond acceptors (Lipinski definition) is 3. The van der Waals surface area contributed by atoms with Gasteiger partial charge in [0, 0.05) is 54.3 Å². The lowest BCUT2D eigenvalue weighted by molar-refractivity contribution is 0.892. The molecule has 0 fully saturated rings. The number of rotatable bonds is 5. The largest absolute Gasteiger partial charge is 0.309 e. The first-order valence-electron chi connectivity index (χ1n) is 36.3. The Kier molecular flexibility index (Phi) is 3.17.